The first-order valence-electron chi connectivity index (χ1n) is 14.8. The molecule has 0 radical (unpaired) electrons. The summed E-state index contributed by atoms with van der Waals surface area (Å²) in [6.07, 6.45) is 20.3. The normalized spacial score (nSPS) is 21.6. The van der Waals surface area contributed by atoms with E-state index in [0.717, 1.165) is 24.7 Å². The molecule has 0 spiro atoms. The molecule has 2 aliphatic rings. The zero-order valence-corrected chi connectivity index (χ0v) is 22.8. The van der Waals surface area contributed by atoms with Crippen LogP contribution in [0.25, 0.3) is 11.1 Å². The second kappa shape index (κ2) is 12.6. The van der Waals surface area contributed by atoms with Crippen molar-refractivity contribution in [2.75, 3.05) is 0 Å². The van der Waals surface area contributed by atoms with Gasteiger partial charge in [-0.2, -0.15) is 0 Å². The molecule has 1 atom stereocenters. The van der Waals surface area contributed by atoms with Gasteiger partial charge in [-0.25, -0.2) is 0 Å². The Balaban J connectivity index is 1.19. The first-order chi connectivity index (χ1) is 18.2. The van der Waals surface area contributed by atoms with Crippen molar-refractivity contribution in [2.24, 2.45) is 5.92 Å². The van der Waals surface area contributed by atoms with Crippen LogP contribution in [0.3, 0.4) is 0 Å². The zero-order valence-electron chi connectivity index (χ0n) is 22.8. The van der Waals surface area contributed by atoms with Crippen molar-refractivity contribution in [3.63, 3.8) is 0 Å². The molecule has 1 unspecified atom stereocenters. The topological polar surface area (TPSA) is 0 Å². The van der Waals surface area contributed by atoms with Crippen LogP contribution in [0, 0.1) is 5.92 Å². The Bertz CT molecular complexity index is 1170. The Morgan fingerprint density at radius 1 is 0.730 bits per heavy atom. The molecule has 0 heteroatoms. The molecule has 3 aromatic carbocycles. The molecule has 5 rings (SSSR count). The zero-order chi connectivity index (χ0) is 25.5. The van der Waals surface area contributed by atoms with Crippen molar-refractivity contribution >= 4 is 0 Å². The Morgan fingerprint density at radius 2 is 1.43 bits per heavy atom. The van der Waals surface area contributed by atoms with Crippen molar-refractivity contribution in [3.8, 4) is 11.1 Å². The summed E-state index contributed by atoms with van der Waals surface area (Å²) in [5.41, 5.74) is 10.3. The molecule has 192 valence electrons. The van der Waals surface area contributed by atoms with Crippen LogP contribution in [-0.2, 0) is 19.3 Å². The summed E-state index contributed by atoms with van der Waals surface area (Å²) < 4.78 is 0. The number of hydrogen-bond acceptors (Lipinski definition) is 0. The lowest BCUT2D eigenvalue weighted by Gasteiger charge is -2.28. The van der Waals surface area contributed by atoms with Gasteiger partial charge >= 0.3 is 0 Å². The molecule has 0 heterocycles. The summed E-state index contributed by atoms with van der Waals surface area (Å²) in [6, 6.07) is 26.2. The molecule has 0 aliphatic heterocycles. The SMILES string of the molecule is C=CCCC1CCC(c2ccc(-c3ccc4c(c3)CCC(c3ccc(CC/C=C/C)cc3)C4)cc2)CC1. The summed E-state index contributed by atoms with van der Waals surface area (Å²) in [5, 5.41) is 0. The van der Waals surface area contributed by atoms with E-state index < -0.39 is 0 Å². The van der Waals surface area contributed by atoms with Gasteiger partial charge in [0, 0.05) is 0 Å². The smallest absolute Gasteiger partial charge is 0.0118 e. The quantitative estimate of drug-likeness (QED) is 0.263. The first kappa shape index (κ1) is 25.8. The van der Waals surface area contributed by atoms with E-state index in [9.17, 15) is 0 Å². The molecule has 0 N–H and O–H groups in total. The van der Waals surface area contributed by atoms with Crippen LogP contribution in [0.2, 0.25) is 0 Å². The molecule has 1 saturated carbocycles. The Labute approximate surface area is 225 Å². The molecule has 0 nitrogen and oxygen atoms in total. The van der Waals surface area contributed by atoms with E-state index >= 15 is 0 Å². The maximum absolute atomic E-state index is 3.89. The van der Waals surface area contributed by atoms with Gasteiger partial charge in [-0.3, -0.25) is 0 Å². The molecular weight excluding hydrogens is 444 g/mol. The van der Waals surface area contributed by atoms with Gasteiger partial charge in [-0.15, -0.1) is 6.58 Å². The van der Waals surface area contributed by atoms with Crippen LogP contribution in [0.1, 0.15) is 97.9 Å². The van der Waals surface area contributed by atoms with Crippen LogP contribution < -0.4 is 0 Å². The van der Waals surface area contributed by atoms with E-state index in [-0.39, 0.29) is 0 Å². The minimum Gasteiger partial charge on any atom is -0.103 e. The second-order valence-corrected chi connectivity index (χ2v) is 11.5. The van der Waals surface area contributed by atoms with Gasteiger partial charge in [0.1, 0.15) is 0 Å². The fourth-order valence-corrected chi connectivity index (χ4v) is 6.68. The predicted octanol–water partition coefficient (Wildman–Crippen LogP) is 10.4. The van der Waals surface area contributed by atoms with E-state index in [2.05, 4.69) is 98.5 Å². The number of allylic oxidation sites excluding steroid dienone is 3. The standard InChI is InChI=1S/C37H44/c1-3-5-7-9-29-12-16-32(17-13-29)34-22-24-37-27-35(23-25-36(37)26-34)33-20-18-31(19-21-33)30-14-10-28(11-15-30)8-6-4-2/h3-5,12-13,16-21,23,25,27-28,30,34H,2,6-11,14-15,22,24,26H2,1H3/b5-3+. The highest BCUT2D eigenvalue weighted by Crippen LogP contribution is 2.39. The monoisotopic (exact) mass is 488 g/mol. The van der Waals surface area contributed by atoms with Crippen molar-refractivity contribution in [1.29, 1.82) is 0 Å². The lowest BCUT2D eigenvalue weighted by molar-refractivity contribution is 0.312. The van der Waals surface area contributed by atoms with Gasteiger partial charge in [0.2, 0.25) is 0 Å². The molecule has 0 aromatic heterocycles. The van der Waals surface area contributed by atoms with Gasteiger partial charge in [0.05, 0.1) is 0 Å². The predicted molar refractivity (Wildman–Crippen MR) is 160 cm³/mol. The van der Waals surface area contributed by atoms with Crippen LogP contribution in [0.15, 0.2) is 91.5 Å². The molecule has 0 amide bonds. The highest BCUT2D eigenvalue weighted by molar-refractivity contribution is 5.65. The third-order valence-electron chi connectivity index (χ3n) is 9.06. The van der Waals surface area contributed by atoms with E-state index in [1.807, 2.05) is 0 Å². The highest BCUT2D eigenvalue weighted by atomic mass is 14.3. The maximum atomic E-state index is 3.89. The van der Waals surface area contributed by atoms with E-state index in [1.165, 1.54) is 80.0 Å². The van der Waals surface area contributed by atoms with Crippen molar-refractivity contribution in [2.45, 2.75) is 89.4 Å². The average molecular weight is 489 g/mol. The summed E-state index contributed by atoms with van der Waals surface area (Å²) >= 11 is 0. The number of hydrogen-bond donors (Lipinski definition) is 0. The van der Waals surface area contributed by atoms with Crippen LogP contribution in [-0.4, -0.2) is 0 Å². The molecule has 1 fully saturated rings. The molecule has 0 saturated heterocycles. The molecule has 3 aromatic rings. The van der Waals surface area contributed by atoms with Crippen LogP contribution in [0.4, 0.5) is 0 Å². The van der Waals surface area contributed by atoms with Crippen molar-refractivity contribution in [3.05, 3.63) is 119 Å². The largest absolute Gasteiger partial charge is 0.103 e. The van der Waals surface area contributed by atoms with Gasteiger partial charge in [0.25, 0.3) is 0 Å². The van der Waals surface area contributed by atoms with E-state index in [1.54, 1.807) is 16.7 Å². The average Bonchev–Trinajstić information content (AvgIpc) is 2.96. The Morgan fingerprint density at radius 3 is 2.16 bits per heavy atom. The highest BCUT2D eigenvalue weighted by Gasteiger charge is 2.23. The fourth-order valence-electron chi connectivity index (χ4n) is 6.68. The summed E-state index contributed by atoms with van der Waals surface area (Å²) in [5.74, 6) is 2.31. The van der Waals surface area contributed by atoms with Gasteiger partial charge < -0.3 is 0 Å². The first-order valence-corrected chi connectivity index (χ1v) is 14.8. The fraction of sp³-hybridized carbons (Fsp3) is 0.405. The molecule has 37 heavy (non-hydrogen) atoms. The maximum Gasteiger partial charge on any atom is -0.0118 e. The number of fused-ring (bicyclic) bond motifs is 1. The number of rotatable bonds is 9. The summed E-state index contributed by atoms with van der Waals surface area (Å²) in [6.45, 7) is 5.99. The summed E-state index contributed by atoms with van der Waals surface area (Å²) in [4.78, 5) is 0. The molecule has 0 bridgehead atoms. The summed E-state index contributed by atoms with van der Waals surface area (Å²) in [7, 11) is 0. The molecular formula is C37H44. The Kier molecular flexibility index (Phi) is 8.77. The van der Waals surface area contributed by atoms with Gasteiger partial charge in [-0.05, 0) is 134 Å². The minimum absolute atomic E-state index is 0.647. The third kappa shape index (κ3) is 6.53. The minimum atomic E-state index is 0.647. The lowest BCUT2D eigenvalue weighted by Crippen LogP contribution is -2.13. The van der Waals surface area contributed by atoms with Crippen molar-refractivity contribution in [1.82, 2.24) is 0 Å². The van der Waals surface area contributed by atoms with Crippen molar-refractivity contribution < 1.29 is 0 Å². The number of benzene rings is 3. The van der Waals surface area contributed by atoms with Gasteiger partial charge in [-0.1, -0.05) is 85.0 Å². The second-order valence-electron chi connectivity index (χ2n) is 11.5. The van der Waals surface area contributed by atoms with Crippen LogP contribution in [0.5, 0.6) is 0 Å². The Hall–Kier alpha value is -2.86. The van der Waals surface area contributed by atoms with E-state index in [0.29, 0.717) is 5.92 Å². The number of aryl methyl sites for hydroxylation is 2. The lowest BCUT2D eigenvalue weighted by atomic mass is 9.77. The van der Waals surface area contributed by atoms with E-state index in [4.69, 9.17) is 0 Å². The van der Waals surface area contributed by atoms with Gasteiger partial charge in [0.15, 0.2) is 0 Å². The third-order valence-corrected chi connectivity index (χ3v) is 9.06. The molecule has 2 aliphatic carbocycles. The van der Waals surface area contributed by atoms with Crippen LogP contribution >= 0.6 is 0 Å².